The lowest BCUT2D eigenvalue weighted by Gasteiger charge is -2.26. The summed E-state index contributed by atoms with van der Waals surface area (Å²) >= 11 is 1.20. The lowest BCUT2D eigenvalue weighted by molar-refractivity contribution is -0.138. The monoisotopic (exact) mass is 687 g/mol. The highest BCUT2D eigenvalue weighted by atomic mass is 32.1. The van der Waals surface area contributed by atoms with E-state index in [1.165, 1.54) is 23.0 Å². The van der Waals surface area contributed by atoms with Crippen LogP contribution in [-0.2, 0) is 16.1 Å². The first-order valence-electron chi connectivity index (χ1n) is 15.7. The summed E-state index contributed by atoms with van der Waals surface area (Å²) < 4.78 is 30.5. The van der Waals surface area contributed by atoms with Gasteiger partial charge in [0.15, 0.2) is 27.8 Å². The minimum atomic E-state index is -0.903. The molecule has 0 bridgehead atoms. The van der Waals surface area contributed by atoms with Crippen molar-refractivity contribution >= 4 is 29.1 Å². The second-order valence-corrected chi connectivity index (χ2v) is 12.0. The number of hydrogen-bond acceptors (Lipinski definition) is 10. The van der Waals surface area contributed by atoms with Gasteiger partial charge < -0.3 is 23.7 Å². The maximum Gasteiger partial charge on any atom is 0.338 e. The van der Waals surface area contributed by atoms with Crippen molar-refractivity contribution in [3.8, 4) is 29.1 Å². The van der Waals surface area contributed by atoms with E-state index in [-0.39, 0.29) is 24.3 Å². The molecule has 0 aliphatic carbocycles. The van der Waals surface area contributed by atoms with Crippen molar-refractivity contribution < 1.29 is 28.5 Å². The maximum atomic E-state index is 14.5. The van der Waals surface area contributed by atoms with Crippen LogP contribution in [-0.4, -0.2) is 38.5 Å². The second-order valence-electron chi connectivity index (χ2n) is 11.0. The molecular weight excluding hydrogens is 655 g/mol. The lowest BCUT2D eigenvalue weighted by atomic mass is 9.93. The molecule has 0 unspecified atom stereocenters. The SMILES string of the molecule is CCOC(=O)C1=C(c2ccccc2)N=c2s/c(=C\c3cccc(OC)c3OCc3ccc(C#N)cc3)c(=O)n2[C@H]1c1ccc(OC)c(OC)c1. The first-order chi connectivity index (χ1) is 24.4. The molecule has 5 aromatic rings. The van der Waals surface area contributed by atoms with Crippen LogP contribution in [0.4, 0.5) is 0 Å². The molecule has 1 aliphatic rings. The van der Waals surface area contributed by atoms with E-state index < -0.39 is 12.0 Å². The van der Waals surface area contributed by atoms with Gasteiger partial charge in [0.05, 0.1) is 61.4 Å². The number of thiazole rings is 1. The number of nitriles is 1. The Balaban J connectivity index is 1.56. The molecule has 0 amide bonds. The molecular formula is C39H33N3O7S. The van der Waals surface area contributed by atoms with Crippen LogP contribution in [0.5, 0.6) is 23.0 Å². The number of aromatic nitrogens is 1. The van der Waals surface area contributed by atoms with E-state index in [0.29, 0.717) is 60.3 Å². The van der Waals surface area contributed by atoms with Crippen molar-refractivity contribution in [1.82, 2.24) is 4.57 Å². The minimum Gasteiger partial charge on any atom is -0.493 e. The molecule has 11 heteroatoms. The van der Waals surface area contributed by atoms with Crippen LogP contribution in [0.2, 0.25) is 0 Å². The molecule has 0 saturated carbocycles. The summed E-state index contributed by atoms with van der Waals surface area (Å²) in [6, 6.07) is 28.4. The fraction of sp³-hybridized carbons (Fsp3) is 0.179. The molecule has 252 valence electrons. The highest BCUT2D eigenvalue weighted by Gasteiger charge is 2.35. The topological polar surface area (TPSA) is 121 Å². The van der Waals surface area contributed by atoms with Crippen molar-refractivity contribution in [2.24, 2.45) is 4.99 Å². The van der Waals surface area contributed by atoms with Gasteiger partial charge in [-0.05, 0) is 54.5 Å². The van der Waals surface area contributed by atoms with Crippen LogP contribution < -0.4 is 33.8 Å². The molecule has 2 heterocycles. The Morgan fingerprint density at radius 2 is 1.66 bits per heavy atom. The van der Waals surface area contributed by atoms with E-state index in [9.17, 15) is 9.59 Å². The number of carbonyl (C=O) groups is 1. The highest BCUT2D eigenvalue weighted by Crippen LogP contribution is 2.39. The van der Waals surface area contributed by atoms with Crippen LogP contribution >= 0.6 is 11.3 Å². The molecule has 0 N–H and O–H groups in total. The molecule has 0 spiro atoms. The first-order valence-corrected chi connectivity index (χ1v) is 16.5. The molecule has 6 rings (SSSR count). The average molecular weight is 688 g/mol. The summed E-state index contributed by atoms with van der Waals surface area (Å²) in [4.78, 5) is 33.7. The normalized spacial score (nSPS) is 13.9. The number of nitrogens with zero attached hydrogens (tertiary/aromatic N) is 3. The smallest absolute Gasteiger partial charge is 0.338 e. The van der Waals surface area contributed by atoms with Gasteiger partial charge in [-0.2, -0.15) is 5.26 Å². The van der Waals surface area contributed by atoms with E-state index in [2.05, 4.69) is 6.07 Å². The van der Waals surface area contributed by atoms with Gasteiger partial charge >= 0.3 is 5.97 Å². The zero-order chi connectivity index (χ0) is 35.2. The third-order valence-corrected chi connectivity index (χ3v) is 9.06. The largest absolute Gasteiger partial charge is 0.493 e. The fourth-order valence-electron chi connectivity index (χ4n) is 5.71. The van der Waals surface area contributed by atoms with Crippen molar-refractivity contribution in [3.05, 3.63) is 144 Å². The molecule has 1 aromatic heterocycles. The van der Waals surface area contributed by atoms with Gasteiger partial charge in [0.1, 0.15) is 6.61 Å². The number of ether oxygens (including phenoxy) is 5. The van der Waals surface area contributed by atoms with Crippen LogP contribution in [0.1, 0.15) is 40.8 Å². The first kappa shape index (κ1) is 33.8. The molecule has 0 radical (unpaired) electrons. The van der Waals surface area contributed by atoms with Gasteiger partial charge in [0.2, 0.25) is 0 Å². The number of hydrogen-bond donors (Lipinski definition) is 0. The third kappa shape index (κ3) is 6.61. The Bertz CT molecular complexity index is 2300. The number of benzene rings is 4. The predicted molar refractivity (Wildman–Crippen MR) is 189 cm³/mol. The second kappa shape index (κ2) is 15.0. The van der Waals surface area contributed by atoms with Gasteiger partial charge in [-0.1, -0.05) is 72.0 Å². The van der Waals surface area contributed by atoms with E-state index >= 15 is 0 Å². The van der Waals surface area contributed by atoms with Gasteiger partial charge in [0.25, 0.3) is 5.56 Å². The zero-order valence-corrected chi connectivity index (χ0v) is 28.7. The van der Waals surface area contributed by atoms with Crippen LogP contribution in [0, 0.1) is 11.3 Å². The number of carbonyl (C=O) groups excluding carboxylic acids is 1. The van der Waals surface area contributed by atoms with Crippen molar-refractivity contribution in [2.75, 3.05) is 27.9 Å². The number of rotatable bonds is 11. The number of esters is 1. The zero-order valence-electron chi connectivity index (χ0n) is 27.8. The third-order valence-electron chi connectivity index (χ3n) is 8.08. The fourth-order valence-corrected chi connectivity index (χ4v) is 6.70. The van der Waals surface area contributed by atoms with Crippen molar-refractivity contribution in [3.63, 3.8) is 0 Å². The summed E-state index contributed by atoms with van der Waals surface area (Å²) in [5, 5.41) is 9.16. The van der Waals surface area contributed by atoms with E-state index in [1.807, 2.05) is 54.6 Å². The molecule has 50 heavy (non-hydrogen) atoms. The Labute approximate surface area is 292 Å². The summed E-state index contributed by atoms with van der Waals surface area (Å²) in [5.74, 6) is 1.28. The Kier molecular flexibility index (Phi) is 10.1. The standard InChI is InChI=1S/C39H33N3O7S/c1-5-48-38(44)33-34(26-10-7-6-8-11-26)41-39-42(35(33)27-18-19-29(45-2)31(20-27)47-4)37(43)32(50-39)21-28-12-9-13-30(46-3)36(28)49-23-25-16-14-24(22-40)15-17-25/h6-21,35H,5,23H2,1-4H3/b32-21-/t35-/m0/s1. The quantitative estimate of drug-likeness (QED) is 0.169. The highest BCUT2D eigenvalue weighted by molar-refractivity contribution is 7.07. The van der Waals surface area contributed by atoms with Crippen LogP contribution in [0.25, 0.3) is 11.8 Å². The van der Waals surface area contributed by atoms with E-state index in [0.717, 1.165) is 5.56 Å². The summed E-state index contributed by atoms with van der Waals surface area (Å²) in [6.45, 7) is 2.07. The Morgan fingerprint density at radius 3 is 2.34 bits per heavy atom. The molecule has 0 saturated heterocycles. The number of fused-ring (bicyclic) bond motifs is 1. The Morgan fingerprint density at radius 1 is 0.920 bits per heavy atom. The van der Waals surface area contributed by atoms with Crippen molar-refractivity contribution in [1.29, 1.82) is 5.26 Å². The van der Waals surface area contributed by atoms with E-state index in [1.54, 1.807) is 63.6 Å². The molecule has 4 aromatic carbocycles. The molecule has 1 atom stereocenters. The number of methoxy groups -OCH3 is 3. The average Bonchev–Trinajstić information content (AvgIpc) is 3.47. The van der Waals surface area contributed by atoms with E-state index in [4.69, 9.17) is 33.9 Å². The lowest BCUT2D eigenvalue weighted by Crippen LogP contribution is -2.40. The summed E-state index contributed by atoms with van der Waals surface area (Å²) in [5.41, 5.74) is 3.59. The summed E-state index contributed by atoms with van der Waals surface area (Å²) in [7, 11) is 4.62. The van der Waals surface area contributed by atoms with Gasteiger partial charge in [-0.3, -0.25) is 9.36 Å². The van der Waals surface area contributed by atoms with Gasteiger partial charge in [-0.25, -0.2) is 9.79 Å². The number of para-hydroxylation sites is 1. The molecule has 1 aliphatic heterocycles. The Hall–Kier alpha value is -6.12. The molecule has 10 nitrogen and oxygen atoms in total. The van der Waals surface area contributed by atoms with Crippen LogP contribution in [0.15, 0.2) is 106 Å². The molecule has 0 fully saturated rings. The van der Waals surface area contributed by atoms with Gasteiger partial charge in [0, 0.05) is 11.1 Å². The van der Waals surface area contributed by atoms with Gasteiger partial charge in [-0.15, -0.1) is 0 Å². The van der Waals surface area contributed by atoms with Crippen LogP contribution in [0.3, 0.4) is 0 Å². The van der Waals surface area contributed by atoms with Crippen molar-refractivity contribution in [2.45, 2.75) is 19.6 Å². The minimum absolute atomic E-state index is 0.133. The predicted octanol–water partition coefficient (Wildman–Crippen LogP) is 5.41. The summed E-state index contributed by atoms with van der Waals surface area (Å²) in [6.07, 6.45) is 1.74. The maximum absolute atomic E-state index is 14.5.